The number of aliphatic hydroxyl groups excluding tert-OH is 1. The van der Waals surface area contributed by atoms with Crippen molar-refractivity contribution in [1.29, 1.82) is 0 Å². The number of aliphatic hydroxyl groups is 1. The van der Waals surface area contributed by atoms with Crippen LogP contribution in [0.5, 0.6) is 0 Å². The van der Waals surface area contributed by atoms with Crippen molar-refractivity contribution in [3.8, 4) is 21.6 Å². The number of benzene rings is 3. The zero-order chi connectivity index (χ0) is 64.6. The zero-order valence-electron chi connectivity index (χ0n) is 52.7. The number of nitrogens with one attached hydrogen (secondary N) is 3. The van der Waals surface area contributed by atoms with E-state index in [-0.39, 0.29) is 68.0 Å². The number of aryl methyl sites for hydroxylation is 1. The summed E-state index contributed by atoms with van der Waals surface area (Å²) >= 11 is 1.55. The van der Waals surface area contributed by atoms with Crippen molar-refractivity contribution in [3.63, 3.8) is 0 Å². The van der Waals surface area contributed by atoms with Crippen LogP contribution in [0.4, 0.5) is 24.5 Å². The number of hydrogen-bond acceptors (Lipinski definition) is 15. The number of amides is 3. The predicted octanol–water partition coefficient (Wildman–Crippen LogP) is 8.67. The third kappa shape index (κ3) is 14.7. The van der Waals surface area contributed by atoms with Gasteiger partial charge in [-0.05, 0) is 116 Å². The lowest BCUT2D eigenvalue weighted by Crippen LogP contribution is -2.59. The standard InChI is InChI=1S/C65H84F3N11O8S2Si/c1-40-59(88-39-71-40)44-12-10-43(11-13-44)52(38-80)72-62(83)54-31-48(87-90(8,9)65(5,6)7)36-78(54)63(84)60(64(2,3)4)73-55(81)37-74-23-20-41(21-24-74)34-75-26-28-76(29-27-75)47-16-14-42(15-17-47)45-30-49-50(33-70-61(49)69-32-45)58(82)56-51(67)18-19-53(57(56)68)79(89(85)86)77-25-22-46(66)35-77/h10-19,30,32-33,39,41,46,48,52,54,60,80,89H,20-29,31,34-38H2,1-9H3,(H,69,70)(H,72,83)(H,73,81)/t46-,48-,52+,54+,60-/m1/s1. The highest BCUT2D eigenvalue weighted by atomic mass is 32.2. The van der Waals surface area contributed by atoms with E-state index in [0.29, 0.717) is 26.9 Å². The van der Waals surface area contributed by atoms with Crippen molar-refractivity contribution in [2.24, 2.45) is 11.3 Å². The number of aromatic amines is 1. The average molecular weight is 1300 g/mol. The summed E-state index contributed by atoms with van der Waals surface area (Å²) in [6, 6.07) is 16.6. The molecule has 3 amide bonds. The molecule has 3 aromatic heterocycles. The number of H-pyrrole nitrogens is 1. The molecule has 484 valence electrons. The van der Waals surface area contributed by atoms with Crippen LogP contribution >= 0.6 is 11.3 Å². The molecule has 0 saturated carbocycles. The number of ketones is 1. The summed E-state index contributed by atoms with van der Waals surface area (Å²) in [5.74, 6) is -4.11. The Kier molecular flexibility index (Phi) is 20.1. The SMILES string of the molecule is Cc1ncsc1-c1ccc([C@H](CO)NC(=O)[C@@H]2C[C@@H](O[Si](C)(C)C(C)(C)C)CN2C(=O)[C@@H](NC(=O)CN2CCC(CN3CCN(c4ccc(-c5cnc6[nH]cc(C(=O)c7c(F)ccc(N(N8CC[C@@H](F)C8)[SH](=O)=O)c7F)c6c5)cc4)CC3)CC2)C(C)(C)C)cc1. The van der Waals surface area contributed by atoms with E-state index in [9.17, 15) is 37.1 Å². The quantitative estimate of drug-likeness (QED) is 0.0275. The number of fused-ring (bicyclic) bond motifs is 1. The molecule has 10 rings (SSSR count). The van der Waals surface area contributed by atoms with Gasteiger partial charge in [0.05, 0.1) is 53.5 Å². The van der Waals surface area contributed by atoms with Gasteiger partial charge in [-0.3, -0.25) is 29.0 Å². The number of thiol groups is 1. The second kappa shape index (κ2) is 27.3. The molecule has 4 aliphatic heterocycles. The van der Waals surface area contributed by atoms with E-state index in [0.717, 1.165) is 109 Å². The summed E-state index contributed by atoms with van der Waals surface area (Å²) in [4.78, 5) is 78.8. The van der Waals surface area contributed by atoms with Crippen molar-refractivity contribution in [2.45, 2.75) is 123 Å². The Morgan fingerprint density at radius 2 is 1.54 bits per heavy atom. The number of hydrazine groups is 1. The van der Waals surface area contributed by atoms with E-state index >= 15 is 8.78 Å². The fourth-order valence-electron chi connectivity index (χ4n) is 12.5. The monoisotopic (exact) mass is 1300 g/mol. The Labute approximate surface area is 531 Å². The first-order chi connectivity index (χ1) is 42.7. The zero-order valence-corrected chi connectivity index (χ0v) is 55.4. The number of likely N-dealkylation sites (tertiary alicyclic amines) is 2. The Hall–Kier alpha value is -6.58. The van der Waals surface area contributed by atoms with Gasteiger partial charge in [0.15, 0.2) is 14.1 Å². The van der Waals surface area contributed by atoms with Gasteiger partial charge >= 0.3 is 0 Å². The number of rotatable bonds is 20. The molecule has 0 aliphatic carbocycles. The Bertz CT molecular complexity index is 3650. The number of piperazine rings is 1. The number of anilines is 2. The number of nitrogens with zero attached hydrogens (tertiary/aromatic N) is 8. The van der Waals surface area contributed by atoms with Gasteiger partial charge in [-0.15, -0.1) is 11.3 Å². The summed E-state index contributed by atoms with van der Waals surface area (Å²) in [7, 11) is -5.83. The second-order valence-electron chi connectivity index (χ2n) is 27.0. The van der Waals surface area contributed by atoms with E-state index in [1.54, 1.807) is 34.0 Å². The van der Waals surface area contributed by atoms with Crippen LogP contribution < -0.4 is 19.9 Å². The molecule has 0 radical (unpaired) electrons. The number of pyridine rings is 1. The molecule has 4 fully saturated rings. The number of carbonyl (C=O) groups is 4. The Balaban J connectivity index is 0.715. The Morgan fingerprint density at radius 3 is 2.16 bits per heavy atom. The molecule has 4 N–H and O–H groups in total. The number of alkyl halides is 1. The van der Waals surface area contributed by atoms with Crippen LogP contribution in [0.3, 0.4) is 0 Å². The predicted molar refractivity (Wildman–Crippen MR) is 347 cm³/mol. The highest BCUT2D eigenvalue weighted by Crippen LogP contribution is 2.40. The maximum Gasteiger partial charge on any atom is 0.246 e. The highest BCUT2D eigenvalue weighted by molar-refractivity contribution is 7.73. The lowest BCUT2D eigenvalue weighted by atomic mass is 9.85. The summed E-state index contributed by atoms with van der Waals surface area (Å²) in [6.45, 7) is 24.0. The van der Waals surface area contributed by atoms with Gasteiger partial charge in [-0.25, -0.2) is 36.6 Å². The van der Waals surface area contributed by atoms with Gasteiger partial charge in [-0.2, -0.15) is 4.41 Å². The van der Waals surface area contributed by atoms with Gasteiger partial charge in [0, 0.05) is 86.8 Å². The van der Waals surface area contributed by atoms with Crippen molar-refractivity contribution in [1.82, 2.24) is 45.3 Å². The van der Waals surface area contributed by atoms with E-state index in [1.807, 2.05) is 76.2 Å². The van der Waals surface area contributed by atoms with Crippen LogP contribution in [0.25, 0.3) is 32.6 Å². The van der Waals surface area contributed by atoms with Crippen LogP contribution in [0.1, 0.15) is 100 Å². The van der Waals surface area contributed by atoms with Crippen molar-refractivity contribution in [3.05, 3.63) is 119 Å². The third-order valence-electron chi connectivity index (χ3n) is 18.7. The van der Waals surface area contributed by atoms with Gasteiger partial charge in [0.1, 0.15) is 35.4 Å². The molecule has 4 aliphatic rings. The van der Waals surface area contributed by atoms with Crippen LogP contribution in [-0.2, 0) is 29.7 Å². The number of hydrogen-bond donors (Lipinski definition) is 5. The number of thiazole rings is 1. The van der Waals surface area contributed by atoms with Crippen LogP contribution in [0.15, 0.2) is 84.6 Å². The van der Waals surface area contributed by atoms with Gasteiger partial charge in [0.2, 0.25) is 34.4 Å². The largest absolute Gasteiger partial charge is 0.412 e. The van der Waals surface area contributed by atoms with Gasteiger partial charge in [0.25, 0.3) is 0 Å². The normalized spacial score (nSPS) is 20.0. The van der Waals surface area contributed by atoms with E-state index < -0.39 is 89.6 Å². The van der Waals surface area contributed by atoms with E-state index in [4.69, 9.17) is 4.43 Å². The Morgan fingerprint density at radius 1 is 0.856 bits per heavy atom. The van der Waals surface area contributed by atoms with E-state index in [1.165, 1.54) is 6.20 Å². The minimum Gasteiger partial charge on any atom is -0.412 e. The van der Waals surface area contributed by atoms with E-state index in [2.05, 4.69) is 74.2 Å². The first-order valence-corrected chi connectivity index (χ1v) is 35.9. The van der Waals surface area contributed by atoms with Crippen molar-refractivity contribution >= 4 is 76.5 Å². The molecule has 25 heteroatoms. The summed E-state index contributed by atoms with van der Waals surface area (Å²) in [6.07, 6.45) is 3.39. The molecular formula is C65H84F3N11O8S2Si. The molecular weight excluding hydrogens is 1210 g/mol. The molecule has 6 aromatic rings. The minimum atomic E-state index is -3.50. The number of carbonyl (C=O) groups excluding carboxylic acids is 4. The molecule has 3 aromatic carbocycles. The molecule has 4 saturated heterocycles. The average Bonchev–Trinajstić information content (AvgIpc) is 1.53. The molecule has 0 unspecified atom stereocenters. The van der Waals surface area contributed by atoms with Crippen molar-refractivity contribution < 1.29 is 50.3 Å². The maximum absolute atomic E-state index is 16.1. The summed E-state index contributed by atoms with van der Waals surface area (Å²) in [5, 5.41) is 18.1. The minimum absolute atomic E-state index is 0.00650. The van der Waals surface area contributed by atoms with Crippen LogP contribution in [-0.4, -0.2) is 183 Å². The third-order valence-corrected chi connectivity index (χ3v) is 25.0. The first-order valence-electron chi connectivity index (χ1n) is 31.0. The smallest absolute Gasteiger partial charge is 0.246 e. The summed E-state index contributed by atoms with van der Waals surface area (Å²) < 4.78 is 77.6. The molecule has 0 bridgehead atoms. The number of aromatic nitrogens is 3. The molecule has 5 atom stereocenters. The fraction of sp³-hybridized carbons (Fsp3) is 0.508. The fourth-order valence-corrected chi connectivity index (χ4v) is 15.4. The maximum atomic E-state index is 16.1. The van der Waals surface area contributed by atoms with Gasteiger partial charge in [-0.1, -0.05) is 77.9 Å². The lowest BCUT2D eigenvalue weighted by Gasteiger charge is -2.40. The molecule has 19 nitrogen and oxygen atoms in total. The van der Waals surface area contributed by atoms with Crippen LogP contribution in [0.2, 0.25) is 18.1 Å². The number of piperidine rings is 1. The topological polar surface area (TPSA) is 217 Å². The van der Waals surface area contributed by atoms with Crippen molar-refractivity contribution in [2.75, 3.05) is 87.9 Å². The summed E-state index contributed by atoms with van der Waals surface area (Å²) in [5.41, 5.74) is 4.98. The molecule has 0 spiro atoms. The molecule has 7 heterocycles. The van der Waals surface area contributed by atoms with Gasteiger partial charge < -0.3 is 34.9 Å². The lowest BCUT2D eigenvalue weighted by molar-refractivity contribution is -0.144. The molecule has 90 heavy (non-hydrogen) atoms. The van der Waals surface area contributed by atoms with Crippen LogP contribution in [0, 0.1) is 29.9 Å². The second-order valence-corrected chi connectivity index (χ2v) is 33.5. The first kappa shape index (κ1) is 66.3. The number of halogens is 3. The highest BCUT2D eigenvalue weighted by Gasteiger charge is 2.49.